The molecule has 0 saturated carbocycles. The van der Waals surface area contributed by atoms with Crippen LogP contribution in [0.5, 0.6) is 0 Å². The lowest BCUT2D eigenvalue weighted by Gasteiger charge is -2.20. The molecular formula is C14H19N3S. The van der Waals surface area contributed by atoms with E-state index in [0.29, 0.717) is 0 Å². The number of anilines is 2. The molecule has 0 amide bonds. The normalized spacial score (nSPS) is 12.4. The van der Waals surface area contributed by atoms with Crippen molar-refractivity contribution in [1.29, 1.82) is 0 Å². The number of thiazole rings is 1. The Balaban J connectivity index is 2.29. The number of benzene rings is 1. The van der Waals surface area contributed by atoms with Crippen molar-refractivity contribution in [2.75, 3.05) is 11.4 Å². The molecule has 1 unspecified atom stereocenters. The highest BCUT2D eigenvalue weighted by Gasteiger charge is 2.13. The first kappa shape index (κ1) is 13.1. The van der Waals surface area contributed by atoms with Gasteiger partial charge in [-0.1, -0.05) is 17.7 Å². The highest BCUT2D eigenvalue weighted by Crippen LogP contribution is 2.29. The molecule has 0 bridgehead atoms. The van der Waals surface area contributed by atoms with Gasteiger partial charge in [-0.15, -0.1) is 11.3 Å². The van der Waals surface area contributed by atoms with Crippen molar-refractivity contribution in [3.05, 3.63) is 40.9 Å². The third-order valence-electron chi connectivity index (χ3n) is 2.87. The Morgan fingerprint density at radius 3 is 2.50 bits per heavy atom. The summed E-state index contributed by atoms with van der Waals surface area (Å²) in [6, 6.07) is 8.50. The van der Waals surface area contributed by atoms with E-state index in [0.717, 1.165) is 17.4 Å². The number of hydrogen-bond donors (Lipinski definition) is 1. The van der Waals surface area contributed by atoms with Crippen LogP contribution in [-0.2, 0) is 0 Å². The van der Waals surface area contributed by atoms with Gasteiger partial charge in [0.25, 0.3) is 0 Å². The Bertz CT molecular complexity index is 502. The Labute approximate surface area is 112 Å². The molecular weight excluding hydrogens is 242 g/mol. The van der Waals surface area contributed by atoms with Crippen LogP contribution < -0.4 is 10.6 Å². The molecule has 1 aromatic carbocycles. The quantitative estimate of drug-likeness (QED) is 0.914. The van der Waals surface area contributed by atoms with Crippen LogP contribution in [0.3, 0.4) is 0 Å². The maximum absolute atomic E-state index is 5.85. The molecule has 0 aliphatic rings. The largest absolute Gasteiger partial charge is 0.323 e. The maximum atomic E-state index is 5.85. The molecule has 4 heteroatoms. The Hall–Kier alpha value is -1.39. The van der Waals surface area contributed by atoms with Gasteiger partial charge < -0.3 is 10.6 Å². The molecule has 0 aliphatic carbocycles. The monoisotopic (exact) mass is 261 g/mol. The summed E-state index contributed by atoms with van der Waals surface area (Å²) in [4.78, 5) is 6.80. The van der Waals surface area contributed by atoms with Gasteiger partial charge in [-0.2, -0.15) is 0 Å². The van der Waals surface area contributed by atoms with E-state index in [2.05, 4.69) is 48.0 Å². The number of nitrogens with zero attached hydrogens (tertiary/aromatic N) is 2. The van der Waals surface area contributed by atoms with E-state index >= 15 is 0 Å². The predicted molar refractivity (Wildman–Crippen MR) is 78.6 cm³/mol. The minimum absolute atomic E-state index is 0.00766. The minimum atomic E-state index is -0.00766. The summed E-state index contributed by atoms with van der Waals surface area (Å²) in [5.41, 5.74) is 9.26. The fourth-order valence-corrected chi connectivity index (χ4v) is 2.78. The molecule has 18 heavy (non-hydrogen) atoms. The average molecular weight is 261 g/mol. The molecule has 1 aromatic heterocycles. The minimum Gasteiger partial charge on any atom is -0.323 e. The zero-order valence-electron chi connectivity index (χ0n) is 11.1. The summed E-state index contributed by atoms with van der Waals surface area (Å²) in [6.07, 6.45) is 0. The summed E-state index contributed by atoms with van der Waals surface area (Å²) >= 11 is 1.64. The number of aryl methyl sites for hydroxylation is 1. The Kier molecular flexibility index (Phi) is 3.99. The third-order valence-corrected chi connectivity index (χ3v) is 3.75. The molecule has 0 fully saturated rings. The fraction of sp³-hybridized carbons (Fsp3) is 0.357. The summed E-state index contributed by atoms with van der Waals surface area (Å²) < 4.78 is 0. The number of rotatable bonds is 4. The van der Waals surface area contributed by atoms with Gasteiger partial charge in [-0.05, 0) is 32.9 Å². The molecule has 2 rings (SSSR count). The second-order valence-electron chi connectivity index (χ2n) is 4.42. The Morgan fingerprint density at radius 1 is 1.33 bits per heavy atom. The second-order valence-corrected chi connectivity index (χ2v) is 5.26. The third kappa shape index (κ3) is 2.71. The maximum Gasteiger partial charge on any atom is 0.190 e. The zero-order valence-corrected chi connectivity index (χ0v) is 11.9. The van der Waals surface area contributed by atoms with Crippen molar-refractivity contribution in [2.24, 2.45) is 5.73 Å². The first-order chi connectivity index (χ1) is 8.61. The van der Waals surface area contributed by atoms with E-state index in [1.54, 1.807) is 11.3 Å². The van der Waals surface area contributed by atoms with E-state index in [9.17, 15) is 0 Å². The first-order valence-corrected chi connectivity index (χ1v) is 7.05. The molecule has 0 spiro atoms. The van der Waals surface area contributed by atoms with E-state index in [-0.39, 0.29) is 6.04 Å². The van der Waals surface area contributed by atoms with Gasteiger partial charge in [0.1, 0.15) is 0 Å². The van der Waals surface area contributed by atoms with Crippen LogP contribution in [0.1, 0.15) is 31.1 Å². The lowest BCUT2D eigenvalue weighted by atomic mass is 10.2. The van der Waals surface area contributed by atoms with Gasteiger partial charge in [-0.25, -0.2) is 4.98 Å². The van der Waals surface area contributed by atoms with Gasteiger partial charge in [0.2, 0.25) is 0 Å². The van der Waals surface area contributed by atoms with Gasteiger partial charge >= 0.3 is 0 Å². The van der Waals surface area contributed by atoms with Crippen molar-refractivity contribution in [3.8, 4) is 0 Å². The van der Waals surface area contributed by atoms with Crippen molar-refractivity contribution in [3.63, 3.8) is 0 Å². The van der Waals surface area contributed by atoms with Crippen molar-refractivity contribution in [1.82, 2.24) is 4.98 Å². The zero-order chi connectivity index (χ0) is 13.1. The van der Waals surface area contributed by atoms with E-state index in [1.165, 1.54) is 11.3 Å². The summed E-state index contributed by atoms with van der Waals surface area (Å²) in [6.45, 7) is 7.08. The summed E-state index contributed by atoms with van der Waals surface area (Å²) in [5, 5.41) is 3.05. The van der Waals surface area contributed by atoms with Gasteiger partial charge in [0.05, 0.1) is 5.69 Å². The van der Waals surface area contributed by atoms with Crippen LogP contribution in [0.25, 0.3) is 0 Å². The number of hydrogen-bond acceptors (Lipinski definition) is 4. The van der Waals surface area contributed by atoms with Crippen LogP contribution in [-0.4, -0.2) is 11.5 Å². The van der Waals surface area contributed by atoms with Gasteiger partial charge in [0.15, 0.2) is 5.13 Å². The molecule has 0 radical (unpaired) electrons. The van der Waals surface area contributed by atoms with E-state index in [1.807, 2.05) is 12.3 Å². The average Bonchev–Trinajstić information content (AvgIpc) is 2.82. The van der Waals surface area contributed by atoms with Crippen LogP contribution in [0.4, 0.5) is 10.8 Å². The molecule has 3 nitrogen and oxygen atoms in total. The van der Waals surface area contributed by atoms with Gasteiger partial charge in [0, 0.05) is 23.7 Å². The standard InChI is InChI=1S/C14H19N3S/c1-4-17(12-7-5-10(2)6-8-12)14-16-13(9-18-14)11(3)15/h5-9,11H,4,15H2,1-3H3. The number of nitrogens with two attached hydrogens (primary N) is 1. The van der Waals surface area contributed by atoms with Crippen molar-refractivity contribution >= 4 is 22.2 Å². The topological polar surface area (TPSA) is 42.2 Å². The van der Waals surface area contributed by atoms with E-state index < -0.39 is 0 Å². The van der Waals surface area contributed by atoms with Crippen LogP contribution in [0.2, 0.25) is 0 Å². The first-order valence-electron chi connectivity index (χ1n) is 6.17. The van der Waals surface area contributed by atoms with Crippen LogP contribution >= 0.6 is 11.3 Å². The molecule has 0 aliphatic heterocycles. The SMILES string of the molecule is CCN(c1ccc(C)cc1)c1nc(C(C)N)cs1. The van der Waals surface area contributed by atoms with Crippen LogP contribution in [0.15, 0.2) is 29.6 Å². The molecule has 0 saturated heterocycles. The summed E-state index contributed by atoms with van der Waals surface area (Å²) in [5.74, 6) is 0. The second kappa shape index (κ2) is 5.50. The molecule has 1 heterocycles. The smallest absolute Gasteiger partial charge is 0.190 e. The molecule has 1 atom stereocenters. The number of aromatic nitrogens is 1. The molecule has 96 valence electrons. The highest BCUT2D eigenvalue weighted by atomic mass is 32.1. The predicted octanol–water partition coefficient (Wildman–Crippen LogP) is 3.63. The Morgan fingerprint density at radius 2 is 2.00 bits per heavy atom. The lowest BCUT2D eigenvalue weighted by molar-refractivity contribution is 0.787. The van der Waals surface area contributed by atoms with Crippen molar-refractivity contribution in [2.45, 2.75) is 26.8 Å². The van der Waals surface area contributed by atoms with Gasteiger partial charge in [-0.3, -0.25) is 0 Å². The lowest BCUT2D eigenvalue weighted by Crippen LogP contribution is -2.16. The van der Waals surface area contributed by atoms with E-state index in [4.69, 9.17) is 5.73 Å². The van der Waals surface area contributed by atoms with Crippen molar-refractivity contribution < 1.29 is 0 Å². The highest BCUT2D eigenvalue weighted by molar-refractivity contribution is 7.13. The molecule has 2 aromatic rings. The summed E-state index contributed by atoms with van der Waals surface area (Å²) in [7, 11) is 0. The molecule has 2 N–H and O–H groups in total. The van der Waals surface area contributed by atoms with Crippen LogP contribution in [0, 0.1) is 6.92 Å². The fourth-order valence-electron chi connectivity index (χ4n) is 1.76.